The first-order valence-electron chi connectivity index (χ1n) is 7.80. The van der Waals surface area contributed by atoms with E-state index in [4.69, 9.17) is 10.3 Å². The number of carbonyl (C=O) groups excluding carboxylic acids is 1. The summed E-state index contributed by atoms with van der Waals surface area (Å²) in [5.41, 5.74) is 5.47. The minimum absolute atomic E-state index is 0. The van der Waals surface area contributed by atoms with Crippen molar-refractivity contribution in [3.63, 3.8) is 0 Å². The van der Waals surface area contributed by atoms with Crippen LogP contribution in [0.4, 0.5) is 5.82 Å². The van der Waals surface area contributed by atoms with E-state index < -0.39 is 0 Å². The number of carbonyl (C=O) groups is 1. The van der Waals surface area contributed by atoms with Crippen LogP contribution in [0.5, 0.6) is 0 Å². The molecule has 1 unspecified atom stereocenters. The molecule has 8 nitrogen and oxygen atoms in total. The molecule has 1 atom stereocenters. The van der Waals surface area contributed by atoms with E-state index >= 15 is 0 Å². The zero-order valence-electron chi connectivity index (χ0n) is 13.9. The summed E-state index contributed by atoms with van der Waals surface area (Å²) in [6.45, 7) is 2.36. The van der Waals surface area contributed by atoms with Crippen molar-refractivity contribution in [3.05, 3.63) is 34.5 Å². The van der Waals surface area contributed by atoms with Gasteiger partial charge in [0, 0.05) is 17.2 Å². The van der Waals surface area contributed by atoms with Crippen LogP contribution in [0.2, 0.25) is 0 Å². The van der Waals surface area contributed by atoms with E-state index in [9.17, 15) is 4.79 Å². The maximum absolute atomic E-state index is 12.4. The zero-order valence-corrected chi connectivity index (χ0v) is 17.1. The van der Waals surface area contributed by atoms with E-state index in [0.717, 1.165) is 23.9 Å². The molecule has 0 bridgehead atoms. The fraction of sp³-hybridized carbons (Fsp3) is 0.467. The SMILES string of the molecule is Cl.Cl.NCc1nc(CN2CCCC(C(=O)Nc3ccc(Br)cn3)C2)no1. The van der Waals surface area contributed by atoms with Gasteiger partial charge in [0.25, 0.3) is 0 Å². The highest BCUT2D eigenvalue weighted by Gasteiger charge is 2.27. The highest BCUT2D eigenvalue weighted by molar-refractivity contribution is 9.10. The van der Waals surface area contributed by atoms with Crippen molar-refractivity contribution in [2.75, 3.05) is 18.4 Å². The topological polar surface area (TPSA) is 110 Å². The average molecular weight is 468 g/mol. The van der Waals surface area contributed by atoms with Crippen LogP contribution in [0.3, 0.4) is 0 Å². The third-order valence-corrected chi connectivity index (χ3v) is 4.37. The van der Waals surface area contributed by atoms with E-state index in [0.29, 0.717) is 30.6 Å². The van der Waals surface area contributed by atoms with Crippen LogP contribution < -0.4 is 11.1 Å². The molecule has 1 amide bonds. The molecule has 0 saturated carbocycles. The molecular weight excluding hydrogens is 447 g/mol. The Morgan fingerprint density at radius 3 is 2.88 bits per heavy atom. The number of likely N-dealkylation sites (tertiary alicyclic amines) is 1. The lowest BCUT2D eigenvalue weighted by molar-refractivity contribution is -0.121. The van der Waals surface area contributed by atoms with Gasteiger partial charge < -0.3 is 15.6 Å². The first kappa shape index (κ1) is 22.8. The van der Waals surface area contributed by atoms with Crippen molar-refractivity contribution in [1.29, 1.82) is 0 Å². The molecule has 0 radical (unpaired) electrons. The number of halogens is 3. The molecule has 3 heterocycles. The molecule has 26 heavy (non-hydrogen) atoms. The number of hydrogen-bond acceptors (Lipinski definition) is 7. The number of rotatable bonds is 5. The Kier molecular flexibility index (Phi) is 9.45. The molecule has 1 aliphatic heterocycles. The van der Waals surface area contributed by atoms with Gasteiger partial charge in [0.05, 0.1) is 19.0 Å². The Bertz CT molecular complexity index is 700. The fourth-order valence-corrected chi connectivity index (χ4v) is 2.96. The lowest BCUT2D eigenvalue weighted by atomic mass is 9.97. The molecule has 2 aromatic rings. The van der Waals surface area contributed by atoms with Crippen LogP contribution in [0.25, 0.3) is 0 Å². The average Bonchev–Trinajstić information content (AvgIpc) is 3.05. The summed E-state index contributed by atoms with van der Waals surface area (Å²) in [6, 6.07) is 3.62. The maximum atomic E-state index is 12.4. The number of hydrogen-bond donors (Lipinski definition) is 2. The fourth-order valence-electron chi connectivity index (χ4n) is 2.73. The molecule has 0 aliphatic carbocycles. The number of amides is 1. The lowest BCUT2D eigenvalue weighted by Crippen LogP contribution is -2.40. The van der Waals surface area contributed by atoms with Crippen molar-refractivity contribution >= 4 is 52.5 Å². The summed E-state index contributed by atoms with van der Waals surface area (Å²) < 4.78 is 5.89. The predicted molar refractivity (Wildman–Crippen MR) is 105 cm³/mol. The largest absolute Gasteiger partial charge is 0.338 e. The number of nitrogens with one attached hydrogen (secondary N) is 1. The molecule has 0 aromatic carbocycles. The maximum Gasteiger partial charge on any atom is 0.240 e. The number of nitrogens with two attached hydrogens (primary N) is 1. The van der Waals surface area contributed by atoms with Crippen molar-refractivity contribution in [1.82, 2.24) is 20.0 Å². The normalized spacial score (nSPS) is 17.1. The van der Waals surface area contributed by atoms with Gasteiger partial charge in [0.1, 0.15) is 5.82 Å². The van der Waals surface area contributed by atoms with E-state index in [1.165, 1.54) is 0 Å². The van der Waals surface area contributed by atoms with Crippen LogP contribution in [0, 0.1) is 5.92 Å². The van der Waals surface area contributed by atoms with Crippen molar-refractivity contribution in [2.45, 2.75) is 25.9 Å². The van der Waals surface area contributed by atoms with Gasteiger partial charge in [-0.3, -0.25) is 9.69 Å². The van der Waals surface area contributed by atoms with E-state index in [-0.39, 0.29) is 43.2 Å². The van der Waals surface area contributed by atoms with Crippen molar-refractivity contribution < 1.29 is 9.32 Å². The van der Waals surface area contributed by atoms with Crippen LogP contribution in [-0.4, -0.2) is 39.0 Å². The van der Waals surface area contributed by atoms with E-state index in [1.807, 2.05) is 6.07 Å². The highest BCUT2D eigenvalue weighted by atomic mass is 79.9. The lowest BCUT2D eigenvalue weighted by Gasteiger charge is -2.30. The first-order valence-corrected chi connectivity index (χ1v) is 8.59. The van der Waals surface area contributed by atoms with Crippen molar-refractivity contribution in [3.8, 4) is 0 Å². The third kappa shape index (κ3) is 6.17. The number of aromatic nitrogens is 3. The summed E-state index contributed by atoms with van der Waals surface area (Å²) in [5.74, 6) is 1.50. The number of pyridine rings is 1. The van der Waals surface area contributed by atoms with Gasteiger partial charge >= 0.3 is 0 Å². The second-order valence-corrected chi connectivity index (χ2v) is 6.65. The van der Waals surface area contributed by atoms with Gasteiger partial charge in [-0.05, 0) is 47.4 Å². The summed E-state index contributed by atoms with van der Waals surface area (Å²) in [6.07, 6.45) is 3.47. The second-order valence-electron chi connectivity index (χ2n) is 5.73. The zero-order chi connectivity index (χ0) is 16.9. The second kappa shape index (κ2) is 10.8. The first-order chi connectivity index (χ1) is 11.6. The molecule has 2 aromatic heterocycles. The van der Waals surface area contributed by atoms with Gasteiger partial charge in [-0.15, -0.1) is 24.8 Å². The summed E-state index contributed by atoms with van der Waals surface area (Å²) in [5, 5.41) is 6.78. The molecule has 3 N–H and O–H groups in total. The van der Waals surface area contributed by atoms with Gasteiger partial charge in [-0.2, -0.15) is 4.98 Å². The van der Waals surface area contributed by atoms with Gasteiger partial charge in [-0.25, -0.2) is 4.98 Å². The van der Waals surface area contributed by atoms with Gasteiger partial charge in [0.2, 0.25) is 11.8 Å². The van der Waals surface area contributed by atoms with E-state index in [2.05, 4.69) is 41.3 Å². The summed E-state index contributed by atoms with van der Waals surface area (Å²) >= 11 is 3.33. The predicted octanol–water partition coefficient (Wildman–Crippen LogP) is 2.38. The minimum atomic E-state index is -0.0786. The Morgan fingerprint density at radius 1 is 1.42 bits per heavy atom. The number of nitrogens with zero attached hydrogens (tertiary/aromatic N) is 4. The molecule has 1 aliphatic rings. The summed E-state index contributed by atoms with van der Waals surface area (Å²) in [7, 11) is 0. The standard InChI is InChI=1S/C15H19BrN6O2.2ClH/c16-11-3-4-12(18-7-11)20-15(23)10-2-1-5-22(8-10)9-13-19-14(6-17)24-21-13;;/h3-4,7,10H,1-2,5-6,8-9,17H2,(H,18,20,23);2*1H. The molecule has 11 heteroatoms. The molecule has 3 rings (SSSR count). The molecule has 1 saturated heterocycles. The quantitative estimate of drug-likeness (QED) is 0.694. The van der Waals surface area contributed by atoms with Gasteiger partial charge in [-0.1, -0.05) is 5.16 Å². The third-order valence-electron chi connectivity index (χ3n) is 3.90. The minimum Gasteiger partial charge on any atom is -0.338 e. The molecule has 1 fully saturated rings. The summed E-state index contributed by atoms with van der Waals surface area (Å²) in [4.78, 5) is 23.0. The molecule has 0 spiro atoms. The monoisotopic (exact) mass is 466 g/mol. The smallest absolute Gasteiger partial charge is 0.240 e. The number of anilines is 1. The van der Waals surface area contributed by atoms with Gasteiger partial charge in [0.15, 0.2) is 5.82 Å². The Labute approximate surface area is 172 Å². The van der Waals surface area contributed by atoms with Crippen molar-refractivity contribution in [2.24, 2.45) is 11.7 Å². The Morgan fingerprint density at radius 2 is 2.23 bits per heavy atom. The van der Waals surface area contributed by atoms with Crippen LogP contribution in [0.15, 0.2) is 27.3 Å². The van der Waals surface area contributed by atoms with Crippen LogP contribution >= 0.6 is 40.7 Å². The van der Waals surface area contributed by atoms with Crippen LogP contribution in [0.1, 0.15) is 24.6 Å². The highest BCUT2D eigenvalue weighted by Crippen LogP contribution is 2.20. The Balaban J connectivity index is 0.00000169. The number of piperidine rings is 1. The van der Waals surface area contributed by atoms with E-state index in [1.54, 1.807) is 12.3 Å². The Hall–Kier alpha value is -1.26. The van der Waals surface area contributed by atoms with Crippen LogP contribution in [-0.2, 0) is 17.9 Å². The molecular formula is C15H21BrCl2N6O2. The molecule has 144 valence electrons.